The van der Waals surface area contributed by atoms with Gasteiger partial charge in [-0.25, -0.2) is 4.98 Å². The average Bonchev–Trinajstić information content (AvgIpc) is 2.68. The van der Waals surface area contributed by atoms with E-state index in [2.05, 4.69) is 16.4 Å². The zero-order valence-corrected chi connectivity index (χ0v) is 16.4. The molecule has 4 nitrogen and oxygen atoms in total. The van der Waals surface area contributed by atoms with Crippen molar-refractivity contribution in [3.63, 3.8) is 0 Å². The Bertz CT molecular complexity index is 1140. The maximum atomic E-state index is 13.1. The second-order valence-electron chi connectivity index (χ2n) is 6.43. The standard InChI is InChI=1S/C21H16F3N3OS/c1-12-7-8-13(2)19-15(12)9-14(10-25)20(27-19)29-11-18(28)26-17-6-4-3-5-16(17)21(22,23)24/h3-9H,11H2,1-2H3,(H,26,28). The normalized spacial score (nSPS) is 11.3. The van der Waals surface area contributed by atoms with Crippen molar-refractivity contribution in [2.45, 2.75) is 25.0 Å². The Morgan fingerprint density at radius 2 is 1.86 bits per heavy atom. The molecule has 2 aromatic carbocycles. The third kappa shape index (κ3) is 4.51. The Kier molecular flexibility index (Phi) is 5.80. The van der Waals surface area contributed by atoms with Crippen LogP contribution in [0.5, 0.6) is 0 Å². The molecule has 1 aromatic heterocycles. The van der Waals surface area contributed by atoms with E-state index >= 15 is 0 Å². The highest BCUT2D eigenvalue weighted by Gasteiger charge is 2.33. The quantitative estimate of drug-likeness (QED) is 0.574. The molecule has 0 bridgehead atoms. The summed E-state index contributed by atoms with van der Waals surface area (Å²) in [6.07, 6.45) is -4.57. The number of anilines is 1. The number of nitriles is 1. The fourth-order valence-corrected chi connectivity index (χ4v) is 3.62. The van der Waals surface area contributed by atoms with E-state index in [-0.39, 0.29) is 11.4 Å². The van der Waals surface area contributed by atoms with Gasteiger partial charge in [-0.05, 0) is 43.2 Å². The number of aromatic nitrogens is 1. The molecule has 8 heteroatoms. The maximum absolute atomic E-state index is 13.1. The summed E-state index contributed by atoms with van der Waals surface area (Å²) in [7, 11) is 0. The number of carbonyl (C=O) groups excluding carboxylic acids is 1. The number of carbonyl (C=O) groups is 1. The van der Waals surface area contributed by atoms with Gasteiger partial charge in [0.25, 0.3) is 0 Å². The van der Waals surface area contributed by atoms with Gasteiger partial charge in [0.15, 0.2) is 0 Å². The number of para-hydroxylation sites is 1. The minimum absolute atomic E-state index is 0.176. The lowest BCUT2D eigenvalue weighted by atomic mass is 10.0. The number of aryl methyl sites for hydroxylation is 2. The van der Waals surface area contributed by atoms with Gasteiger partial charge < -0.3 is 5.32 Å². The molecule has 0 aliphatic heterocycles. The molecule has 3 aromatic rings. The lowest BCUT2D eigenvalue weighted by molar-refractivity contribution is -0.137. The van der Waals surface area contributed by atoms with Gasteiger partial charge in [0.1, 0.15) is 11.1 Å². The summed E-state index contributed by atoms with van der Waals surface area (Å²) in [5.74, 6) is -0.789. The minimum Gasteiger partial charge on any atom is -0.325 e. The maximum Gasteiger partial charge on any atom is 0.418 e. The fourth-order valence-electron chi connectivity index (χ4n) is 2.87. The molecule has 0 aliphatic carbocycles. The molecular formula is C21H16F3N3OS. The molecule has 29 heavy (non-hydrogen) atoms. The van der Waals surface area contributed by atoms with Crippen molar-refractivity contribution in [1.29, 1.82) is 5.26 Å². The van der Waals surface area contributed by atoms with Crippen LogP contribution in [0.25, 0.3) is 10.9 Å². The first kappa shape index (κ1) is 20.7. The van der Waals surface area contributed by atoms with Gasteiger partial charge in [-0.3, -0.25) is 4.79 Å². The molecule has 3 rings (SSSR count). The smallest absolute Gasteiger partial charge is 0.325 e. The van der Waals surface area contributed by atoms with Crippen LogP contribution in [0, 0.1) is 25.2 Å². The van der Waals surface area contributed by atoms with Gasteiger partial charge >= 0.3 is 6.18 Å². The number of nitrogens with one attached hydrogen (secondary N) is 1. The summed E-state index contributed by atoms with van der Waals surface area (Å²) in [5.41, 5.74) is 1.75. The van der Waals surface area contributed by atoms with Crippen LogP contribution in [-0.2, 0) is 11.0 Å². The second kappa shape index (κ2) is 8.13. The van der Waals surface area contributed by atoms with Crippen LogP contribution in [0.15, 0.2) is 47.5 Å². The van der Waals surface area contributed by atoms with Gasteiger partial charge in [0.2, 0.25) is 5.91 Å². The number of halogens is 3. The van der Waals surface area contributed by atoms with Gasteiger partial charge in [-0.2, -0.15) is 18.4 Å². The SMILES string of the molecule is Cc1ccc(C)c2nc(SCC(=O)Nc3ccccc3C(F)(F)F)c(C#N)cc12. The van der Waals surface area contributed by atoms with Gasteiger partial charge in [0, 0.05) is 5.39 Å². The highest BCUT2D eigenvalue weighted by atomic mass is 32.2. The van der Waals surface area contributed by atoms with Crippen LogP contribution in [0.1, 0.15) is 22.3 Å². The second-order valence-corrected chi connectivity index (χ2v) is 7.39. The third-order valence-corrected chi connectivity index (χ3v) is 5.33. The van der Waals surface area contributed by atoms with E-state index < -0.39 is 17.6 Å². The number of hydrogen-bond acceptors (Lipinski definition) is 4. The van der Waals surface area contributed by atoms with Gasteiger partial charge in [-0.15, -0.1) is 0 Å². The summed E-state index contributed by atoms with van der Waals surface area (Å²) in [6, 6.07) is 12.5. The van der Waals surface area contributed by atoms with Crippen molar-refractivity contribution in [3.8, 4) is 6.07 Å². The molecule has 0 saturated carbocycles. The molecule has 0 saturated heterocycles. The monoisotopic (exact) mass is 415 g/mol. The van der Waals surface area contributed by atoms with E-state index in [0.29, 0.717) is 10.6 Å². The van der Waals surface area contributed by atoms with E-state index in [1.54, 1.807) is 6.07 Å². The van der Waals surface area contributed by atoms with Crippen LogP contribution in [0.2, 0.25) is 0 Å². The first-order valence-corrected chi connectivity index (χ1v) is 9.59. The lowest BCUT2D eigenvalue weighted by Crippen LogP contribution is -2.18. The number of nitrogens with zero attached hydrogens (tertiary/aromatic N) is 2. The molecule has 0 spiro atoms. The van der Waals surface area contributed by atoms with Crippen LogP contribution in [-0.4, -0.2) is 16.6 Å². The number of benzene rings is 2. The minimum atomic E-state index is -4.57. The van der Waals surface area contributed by atoms with E-state index in [1.807, 2.05) is 26.0 Å². The molecule has 0 unspecified atom stereocenters. The molecule has 1 heterocycles. The van der Waals surface area contributed by atoms with E-state index in [9.17, 15) is 23.2 Å². The number of hydrogen-bond donors (Lipinski definition) is 1. The molecule has 0 aliphatic rings. The summed E-state index contributed by atoms with van der Waals surface area (Å²) >= 11 is 1.01. The van der Waals surface area contributed by atoms with Gasteiger partial charge in [0.05, 0.1) is 28.1 Å². The molecule has 0 fully saturated rings. The molecule has 1 amide bonds. The first-order valence-electron chi connectivity index (χ1n) is 8.60. The van der Waals surface area contributed by atoms with Crippen LogP contribution < -0.4 is 5.32 Å². The first-order chi connectivity index (χ1) is 13.7. The molecule has 0 radical (unpaired) electrons. The van der Waals surface area contributed by atoms with Crippen molar-refractivity contribution in [1.82, 2.24) is 4.98 Å². The predicted octanol–water partition coefficient (Wildman–Crippen LogP) is 5.47. The number of alkyl halides is 3. The fraction of sp³-hybridized carbons (Fsp3) is 0.190. The number of amides is 1. The number of fused-ring (bicyclic) bond motifs is 1. The number of pyridine rings is 1. The summed E-state index contributed by atoms with van der Waals surface area (Å²) in [5, 5.41) is 13.0. The van der Waals surface area contributed by atoms with Crippen LogP contribution in [0.3, 0.4) is 0 Å². The molecular weight excluding hydrogens is 399 g/mol. The molecule has 0 atom stereocenters. The highest BCUT2D eigenvalue weighted by molar-refractivity contribution is 8.00. The Balaban J connectivity index is 1.82. The Hall–Kier alpha value is -3.05. The number of rotatable bonds is 4. The molecule has 148 valence electrons. The van der Waals surface area contributed by atoms with Crippen molar-refractivity contribution >= 4 is 34.3 Å². The van der Waals surface area contributed by atoms with E-state index in [0.717, 1.165) is 39.9 Å². The largest absolute Gasteiger partial charge is 0.418 e. The van der Waals surface area contributed by atoms with Crippen molar-refractivity contribution in [2.24, 2.45) is 0 Å². The average molecular weight is 415 g/mol. The van der Waals surface area contributed by atoms with Crippen molar-refractivity contribution in [3.05, 3.63) is 64.7 Å². The van der Waals surface area contributed by atoms with Gasteiger partial charge in [-0.1, -0.05) is 36.0 Å². The molecule has 1 N–H and O–H groups in total. The van der Waals surface area contributed by atoms with Crippen molar-refractivity contribution in [2.75, 3.05) is 11.1 Å². The number of thioether (sulfide) groups is 1. The summed E-state index contributed by atoms with van der Waals surface area (Å²) in [4.78, 5) is 16.8. The third-order valence-electron chi connectivity index (χ3n) is 4.34. The predicted molar refractivity (Wildman–Crippen MR) is 107 cm³/mol. The zero-order valence-electron chi connectivity index (χ0n) is 15.6. The van der Waals surface area contributed by atoms with Crippen LogP contribution in [0.4, 0.5) is 18.9 Å². The van der Waals surface area contributed by atoms with Crippen molar-refractivity contribution < 1.29 is 18.0 Å². The van der Waals surface area contributed by atoms with E-state index in [4.69, 9.17) is 0 Å². The summed E-state index contributed by atoms with van der Waals surface area (Å²) in [6.45, 7) is 3.82. The Morgan fingerprint density at radius 1 is 1.17 bits per heavy atom. The Morgan fingerprint density at radius 3 is 2.55 bits per heavy atom. The topological polar surface area (TPSA) is 65.8 Å². The summed E-state index contributed by atoms with van der Waals surface area (Å²) < 4.78 is 39.2. The Labute approximate surface area is 169 Å². The highest BCUT2D eigenvalue weighted by Crippen LogP contribution is 2.35. The zero-order chi connectivity index (χ0) is 21.2. The van der Waals surface area contributed by atoms with E-state index in [1.165, 1.54) is 18.2 Å². The van der Waals surface area contributed by atoms with Crippen LogP contribution >= 0.6 is 11.8 Å². The lowest BCUT2D eigenvalue weighted by Gasteiger charge is -2.13.